The van der Waals surface area contributed by atoms with Crippen molar-refractivity contribution in [2.24, 2.45) is 0 Å². The highest BCUT2D eigenvalue weighted by Crippen LogP contribution is 2.23. The van der Waals surface area contributed by atoms with E-state index in [1.54, 1.807) is 55.6 Å². The van der Waals surface area contributed by atoms with E-state index in [0.29, 0.717) is 10.6 Å². The van der Waals surface area contributed by atoms with Crippen LogP contribution in [0.4, 0.5) is 10.1 Å². The van der Waals surface area contributed by atoms with Crippen molar-refractivity contribution in [2.75, 3.05) is 25.2 Å². The van der Waals surface area contributed by atoms with Gasteiger partial charge in [-0.05, 0) is 35.7 Å². The van der Waals surface area contributed by atoms with Crippen LogP contribution >= 0.6 is 11.3 Å². The molecule has 0 spiro atoms. The molecule has 0 aliphatic heterocycles. The molecule has 0 radical (unpaired) electrons. The number of ether oxygens (including phenoxy) is 2. The fourth-order valence-corrected chi connectivity index (χ4v) is 3.24. The van der Waals surface area contributed by atoms with E-state index in [4.69, 9.17) is 9.47 Å². The van der Waals surface area contributed by atoms with Crippen molar-refractivity contribution < 1.29 is 23.5 Å². The van der Waals surface area contributed by atoms with E-state index in [1.165, 1.54) is 28.4 Å². The fraction of sp³-hybridized carbons (Fsp3) is 0.143. The largest absolute Gasteiger partial charge is 0.487 e. The number of rotatable bonds is 7. The zero-order chi connectivity index (χ0) is 19.9. The highest BCUT2D eigenvalue weighted by molar-refractivity contribution is 7.12. The summed E-state index contributed by atoms with van der Waals surface area (Å²) in [6.45, 7) is -0.0388. The van der Waals surface area contributed by atoms with Gasteiger partial charge < -0.3 is 14.4 Å². The monoisotopic (exact) mass is 399 g/mol. The van der Waals surface area contributed by atoms with Gasteiger partial charge in [0, 0.05) is 7.05 Å². The van der Waals surface area contributed by atoms with Crippen LogP contribution in [0.1, 0.15) is 20.0 Å². The van der Waals surface area contributed by atoms with Gasteiger partial charge in [0.2, 0.25) is 0 Å². The van der Waals surface area contributed by atoms with Gasteiger partial charge in [0.15, 0.2) is 11.6 Å². The third-order valence-corrected chi connectivity index (χ3v) is 4.79. The minimum Gasteiger partial charge on any atom is -0.487 e. The average Bonchev–Trinajstić information content (AvgIpc) is 3.26. The molecule has 2 aromatic carbocycles. The molecule has 28 heavy (non-hydrogen) atoms. The Bertz CT molecular complexity index is 959. The molecule has 7 heteroatoms. The van der Waals surface area contributed by atoms with Crippen LogP contribution in [0.2, 0.25) is 0 Å². The summed E-state index contributed by atoms with van der Waals surface area (Å²) in [7, 11) is 1.61. The van der Waals surface area contributed by atoms with Gasteiger partial charge in [-0.1, -0.05) is 30.3 Å². The van der Waals surface area contributed by atoms with Crippen LogP contribution in [0.15, 0.2) is 66.0 Å². The van der Waals surface area contributed by atoms with Crippen LogP contribution < -0.4 is 9.64 Å². The summed E-state index contributed by atoms with van der Waals surface area (Å²) in [6, 6.07) is 16.2. The number of benzene rings is 2. The third-order valence-electron chi connectivity index (χ3n) is 3.93. The van der Waals surface area contributed by atoms with Gasteiger partial charge in [0.1, 0.15) is 13.2 Å². The molecule has 0 fully saturated rings. The molecule has 0 N–H and O–H groups in total. The molecule has 1 heterocycles. The average molecular weight is 399 g/mol. The molecule has 0 aliphatic rings. The number of thiophene rings is 1. The fourth-order valence-electron chi connectivity index (χ4n) is 2.54. The smallest absolute Gasteiger partial charge is 0.340 e. The molecule has 5 nitrogen and oxygen atoms in total. The number of anilines is 1. The quantitative estimate of drug-likeness (QED) is 0.437. The molecule has 0 saturated carbocycles. The van der Waals surface area contributed by atoms with E-state index < -0.39 is 11.8 Å². The first-order valence-corrected chi connectivity index (χ1v) is 9.41. The van der Waals surface area contributed by atoms with Gasteiger partial charge in [-0.2, -0.15) is 0 Å². The van der Waals surface area contributed by atoms with Crippen molar-refractivity contribution >= 4 is 28.9 Å². The highest BCUT2D eigenvalue weighted by Gasteiger charge is 2.21. The van der Waals surface area contributed by atoms with E-state index in [-0.39, 0.29) is 30.4 Å². The van der Waals surface area contributed by atoms with Gasteiger partial charge in [-0.15, -0.1) is 11.3 Å². The summed E-state index contributed by atoms with van der Waals surface area (Å²) in [5.74, 6) is -1.18. The first-order chi connectivity index (χ1) is 13.6. The predicted molar refractivity (Wildman–Crippen MR) is 106 cm³/mol. The van der Waals surface area contributed by atoms with Crippen LogP contribution in [0, 0.1) is 5.82 Å². The Morgan fingerprint density at radius 2 is 1.75 bits per heavy atom. The Balaban J connectivity index is 1.62. The second-order valence-corrected chi connectivity index (χ2v) is 6.72. The number of esters is 1. The van der Waals surface area contributed by atoms with E-state index in [1.807, 2.05) is 5.38 Å². The molecule has 3 aromatic rings. The van der Waals surface area contributed by atoms with Crippen LogP contribution in [0.25, 0.3) is 0 Å². The topological polar surface area (TPSA) is 55.8 Å². The SMILES string of the molecule is CN(C(=O)c1cccs1)c1ccccc1C(=O)OCCOc1ccccc1F. The molecule has 1 amide bonds. The summed E-state index contributed by atoms with van der Waals surface area (Å²) in [5, 5.41) is 1.82. The number of amides is 1. The summed E-state index contributed by atoms with van der Waals surface area (Å²) < 4.78 is 24.0. The Morgan fingerprint density at radius 3 is 2.50 bits per heavy atom. The lowest BCUT2D eigenvalue weighted by Crippen LogP contribution is -2.27. The van der Waals surface area contributed by atoms with E-state index >= 15 is 0 Å². The Kier molecular flexibility index (Phi) is 6.39. The minimum atomic E-state index is -0.585. The predicted octanol–water partition coefficient (Wildman–Crippen LogP) is 4.40. The van der Waals surface area contributed by atoms with Gasteiger partial charge in [0.05, 0.1) is 16.1 Å². The van der Waals surface area contributed by atoms with E-state index in [9.17, 15) is 14.0 Å². The maximum absolute atomic E-state index is 13.5. The number of halogens is 1. The normalized spacial score (nSPS) is 10.4. The molecule has 1 aromatic heterocycles. The van der Waals surface area contributed by atoms with Crippen molar-refractivity contribution in [2.45, 2.75) is 0 Å². The molecular weight excluding hydrogens is 381 g/mol. The number of carbonyl (C=O) groups excluding carboxylic acids is 2. The molecule has 0 bridgehead atoms. The number of hydrogen-bond acceptors (Lipinski definition) is 5. The Hall–Kier alpha value is -3.19. The molecule has 0 unspecified atom stereocenters. The maximum atomic E-state index is 13.5. The van der Waals surface area contributed by atoms with Gasteiger partial charge in [0.25, 0.3) is 5.91 Å². The van der Waals surface area contributed by atoms with Gasteiger partial charge >= 0.3 is 5.97 Å². The van der Waals surface area contributed by atoms with Crippen molar-refractivity contribution in [3.63, 3.8) is 0 Å². The molecule has 144 valence electrons. The Labute approximate surface area is 165 Å². The number of carbonyl (C=O) groups is 2. The number of hydrogen-bond donors (Lipinski definition) is 0. The molecule has 0 aliphatic carbocycles. The Morgan fingerprint density at radius 1 is 1.00 bits per heavy atom. The second-order valence-electron chi connectivity index (χ2n) is 5.77. The van der Waals surface area contributed by atoms with E-state index in [0.717, 1.165) is 0 Å². The van der Waals surface area contributed by atoms with Gasteiger partial charge in [-0.3, -0.25) is 4.79 Å². The van der Waals surface area contributed by atoms with Crippen LogP contribution in [-0.2, 0) is 4.74 Å². The third kappa shape index (κ3) is 4.55. The molecule has 3 rings (SSSR count). The molecule has 0 atom stereocenters. The van der Waals surface area contributed by atoms with Crippen molar-refractivity contribution in [3.8, 4) is 5.75 Å². The number of para-hydroxylation sites is 2. The van der Waals surface area contributed by atoms with Crippen LogP contribution in [0.5, 0.6) is 5.75 Å². The van der Waals surface area contributed by atoms with Crippen LogP contribution in [-0.4, -0.2) is 32.1 Å². The first-order valence-electron chi connectivity index (χ1n) is 8.53. The lowest BCUT2D eigenvalue weighted by Gasteiger charge is -2.19. The lowest BCUT2D eigenvalue weighted by molar-refractivity contribution is 0.0449. The maximum Gasteiger partial charge on any atom is 0.340 e. The summed E-state index contributed by atoms with van der Waals surface area (Å²) in [5.41, 5.74) is 0.710. The van der Waals surface area contributed by atoms with Gasteiger partial charge in [-0.25, -0.2) is 9.18 Å². The van der Waals surface area contributed by atoms with Crippen molar-refractivity contribution in [1.82, 2.24) is 0 Å². The van der Waals surface area contributed by atoms with Crippen molar-refractivity contribution in [3.05, 3.63) is 82.3 Å². The summed E-state index contributed by atoms with van der Waals surface area (Å²) in [6.07, 6.45) is 0. The lowest BCUT2D eigenvalue weighted by atomic mass is 10.1. The zero-order valence-corrected chi connectivity index (χ0v) is 15.9. The standard InChI is InChI=1S/C21H18FNO4S/c1-23(20(24)19-11-6-14-28-19)17-9-4-2-7-15(17)21(25)27-13-12-26-18-10-5-3-8-16(18)22/h2-11,14H,12-13H2,1H3. The van der Waals surface area contributed by atoms with Crippen LogP contribution in [0.3, 0.4) is 0 Å². The number of nitrogens with zero attached hydrogens (tertiary/aromatic N) is 1. The molecule has 0 saturated heterocycles. The van der Waals surface area contributed by atoms with Crippen molar-refractivity contribution in [1.29, 1.82) is 0 Å². The second kappa shape index (κ2) is 9.14. The minimum absolute atomic E-state index is 0.0127. The zero-order valence-electron chi connectivity index (χ0n) is 15.1. The summed E-state index contributed by atoms with van der Waals surface area (Å²) >= 11 is 1.33. The highest BCUT2D eigenvalue weighted by atomic mass is 32.1. The first kappa shape index (κ1) is 19.6. The summed E-state index contributed by atoms with van der Waals surface area (Å²) in [4.78, 5) is 27.0. The van der Waals surface area contributed by atoms with E-state index in [2.05, 4.69) is 0 Å². The molecular formula is C21H18FNO4S.